The van der Waals surface area contributed by atoms with Crippen molar-refractivity contribution in [2.24, 2.45) is 13.0 Å². The fourth-order valence-corrected chi connectivity index (χ4v) is 3.46. The number of rotatable bonds is 5. The quantitative estimate of drug-likeness (QED) is 0.922. The van der Waals surface area contributed by atoms with E-state index < -0.39 is 0 Å². The summed E-state index contributed by atoms with van der Waals surface area (Å²) in [6.07, 6.45) is 6.47. The molecule has 3 rings (SSSR count). The van der Waals surface area contributed by atoms with E-state index in [0.29, 0.717) is 6.04 Å². The van der Waals surface area contributed by atoms with Gasteiger partial charge in [0.15, 0.2) is 0 Å². The Labute approximate surface area is 133 Å². The predicted octanol–water partition coefficient (Wildman–Crippen LogP) is 3.01. The Morgan fingerprint density at radius 2 is 1.91 bits per heavy atom. The van der Waals surface area contributed by atoms with Crippen molar-refractivity contribution in [3.05, 3.63) is 47.5 Å². The molecule has 4 heteroatoms. The first-order valence-electron chi connectivity index (χ1n) is 8.36. The second kappa shape index (κ2) is 7.05. The fourth-order valence-electron chi connectivity index (χ4n) is 3.46. The maximum Gasteiger partial charge on any atom is 0.146 e. The van der Waals surface area contributed by atoms with Crippen LogP contribution in [-0.2, 0) is 20.0 Å². The van der Waals surface area contributed by atoms with E-state index in [9.17, 15) is 0 Å². The summed E-state index contributed by atoms with van der Waals surface area (Å²) < 4.78 is 2.07. The van der Waals surface area contributed by atoms with Crippen molar-refractivity contribution < 1.29 is 0 Å². The molecular weight excluding hydrogens is 272 g/mol. The van der Waals surface area contributed by atoms with Crippen LogP contribution in [-0.4, -0.2) is 20.8 Å². The first kappa shape index (κ1) is 15.2. The lowest BCUT2D eigenvalue weighted by Crippen LogP contribution is -2.39. The highest BCUT2D eigenvalue weighted by atomic mass is 15.3. The minimum Gasteiger partial charge on any atom is -0.317 e. The van der Waals surface area contributed by atoms with Gasteiger partial charge in [0.25, 0.3) is 0 Å². The maximum absolute atomic E-state index is 4.26. The number of nitrogens with one attached hydrogen (secondary N) is 1. The van der Waals surface area contributed by atoms with Crippen molar-refractivity contribution in [2.45, 2.75) is 51.6 Å². The number of aromatic nitrogens is 3. The Morgan fingerprint density at radius 3 is 2.64 bits per heavy atom. The SMILES string of the molecule is Cc1nnc(CN[C@@H]2CCCC[C@@H]2Cc2ccccc2)n1C. The normalized spacial score (nSPS) is 21.9. The second-order valence-corrected chi connectivity index (χ2v) is 6.44. The van der Waals surface area contributed by atoms with Crippen molar-refractivity contribution in [1.82, 2.24) is 20.1 Å². The minimum absolute atomic E-state index is 0.589. The van der Waals surface area contributed by atoms with E-state index in [-0.39, 0.29) is 0 Å². The maximum atomic E-state index is 4.26. The van der Waals surface area contributed by atoms with Crippen LogP contribution < -0.4 is 5.32 Å². The molecule has 1 heterocycles. The van der Waals surface area contributed by atoms with E-state index in [2.05, 4.69) is 50.4 Å². The number of aryl methyl sites for hydroxylation is 1. The number of nitrogens with zero attached hydrogens (tertiary/aromatic N) is 3. The van der Waals surface area contributed by atoms with Gasteiger partial charge in [0, 0.05) is 13.1 Å². The Hall–Kier alpha value is -1.68. The van der Waals surface area contributed by atoms with Crippen molar-refractivity contribution in [2.75, 3.05) is 0 Å². The molecule has 1 N–H and O–H groups in total. The Balaban J connectivity index is 1.61. The summed E-state index contributed by atoms with van der Waals surface area (Å²) in [5, 5.41) is 12.1. The molecule has 1 aromatic heterocycles. The van der Waals surface area contributed by atoms with Crippen molar-refractivity contribution in [3.63, 3.8) is 0 Å². The molecule has 0 amide bonds. The average Bonchev–Trinajstić information content (AvgIpc) is 2.87. The number of hydrogen-bond donors (Lipinski definition) is 1. The zero-order valence-corrected chi connectivity index (χ0v) is 13.6. The van der Waals surface area contributed by atoms with Gasteiger partial charge < -0.3 is 9.88 Å². The molecule has 0 radical (unpaired) electrons. The Morgan fingerprint density at radius 1 is 1.14 bits per heavy atom. The second-order valence-electron chi connectivity index (χ2n) is 6.44. The van der Waals surface area contributed by atoms with Crippen LogP contribution in [0.25, 0.3) is 0 Å². The van der Waals surface area contributed by atoms with E-state index in [1.165, 1.54) is 37.7 Å². The Bertz CT molecular complexity index is 590. The molecule has 1 aliphatic carbocycles. The van der Waals surface area contributed by atoms with E-state index in [4.69, 9.17) is 0 Å². The molecule has 1 aromatic carbocycles. The van der Waals surface area contributed by atoms with E-state index in [1.54, 1.807) is 0 Å². The van der Waals surface area contributed by atoms with Crippen LogP contribution in [0.3, 0.4) is 0 Å². The summed E-state index contributed by atoms with van der Waals surface area (Å²) in [4.78, 5) is 0. The van der Waals surface area contributed by atoms with Gasteiger partial charge in [-0.15, -0.1) is 10.2 Å². The van der Waals surface area contributed by atoms with E-state index in [0.717, 1.165) is 24.1 Å². The highest BCUT2D eigenvalue weighted by Crippen LogP contribution is 2.27. The lowest BCUT2D eigenvalue weighted by Gasteiger charge is -2.32. The molecule has 0 aliphatic heterocycles. The summed E-state index contributed by atoms with van der Waals surface area (Å²) in [6, 6.07) is 11.5. The van der Waals surface area contributed by atoms with Crippen LogP contribution in [0.2, 0.25) is 0 Å². The minimum atomic E-state index is 0.589. The van der Waals surface area contributed by atoms with Gasteiger partial charge in [-0.2, -0.15) is 0 Å². The topological polar surface area (TPSA) is 42.7 Å². The van der Waals surface area contributed by atoms with Crippen LogP contribution in [0.1, 0.15) is 42.9 Å². The lowest BCUT2D eigenvalue weighted by atomic mass is 9.80. The number of hydrogen-bond acceptors (Lipinski definition) is 3. The first-order chi connectivity index (χ1) is 10.7. The van der Waals surface area contributed by atoms with E-state index >= 15 is 0 Å². The molecule has 1 aliphatic rings. The van der Waals surface area contributed by atoms with Crippen molar-refractivity contribution in [3.8, 4) is 0 Å². The molecule has 0 saturated heterocycles. The predicted molar refractivity (Wildman–Crippen MR) is 88.5 cm³/mol. The Kier molecular flexibility index (Phi) is 4.88. The van der Waals surface area contributed by atoms with Gasteiger partial charge in [0.05, 0.1) is 6.54 Å². The highest BCUT2D eigenvalue weighted by molar-refractivity contribution is 5.15. The van der Waals surface area contributed by atoms with Gasteiger partial charge in [0.1, 0.15) is 11.6 Å². The van der Waals surface area contributed by atoms with Gasteiger partial charge in [-0.1, -0.05) is 43.2 Å². The standard InChI is InChI=1S/C18H26N4/c1-14-20-21-18(22(14)2)13-19-17-11-7-6-10-16(17)12-15-8-4-3-5-9-15/h3-5,8-9,16-17,19H,6-7,10-13H2,1-2H3/t16-,17-/m1/s1. The van der Waals surface area contributed by atoms with Gasteiger partial charge in [0.2, 0.25) is 0 Å². The van der Waals surface area contributed by atoms with Crippen LogP contribution in [0.5, 0.6) is 0 Å². The van der Waals surface area contributed by atoms with Crippen molar-refractivity contribution in [1.29, 1.82) is 0 Å². The van der Waals surface area contributed by atoms with Crippen LogP contribution in [0, 0.1) is 12.8 Å². The lowest BCUT2D eigenvalue weighted by molar-refractivity contribution is 0.257. The van der Waals surface area contributed by atoms with Gasteiger partial charge in [-0.3, -0.25) is 0 Å². The molecule has 1 saturated carbocycles. The van der Waals surface area contributed by atoms with Gasteiger partial charge in [-0.05, 0) is 37.7 Å². The molecule has 118 valence electrons. The molecule has 2 atom stereocenters. The zero-order chi connectivity index (χ0) is 15.4. The van der Waals surface area contributed by atoms with E-state index in [1.807, 2.05) is 14.0 Å². The fraction of sp³-hybridized carbons (Fsp3) is 0.556. The molecule has 4 nitrogen and oxygen atoms in total. The zero-order valence-electron chi connectivity index (χ0n) is 13.6. The van der Waals surface area contributed by atoms with Gasteiger partial charge >= 0.3 is 0 Å². The average molecular weight is 298 g/mol. The summed E-state index contributed by atoms with van der Waals surface area (Å²) >= 11 is 0. The third-order valence-corrected chi connectivity index (χ3v) is 4.95. The smallest absolute Gasteiger partial charge is 0.146 e. The third kappa shape index (κ3) is 3.55. The van der Waals surface area contributed by atoms with Crippen LogP contribution in [0.15, 0.2) is 30.3 Å². The molecule has 0 unspecified atom stereocenters. The largest absolute Gasteiger partial charge is 0.317 e. The van der Waals surface area contributed by atoms with Crippen molar-refractivity contribution >= 4 is 0 Å². The van der Waals surface area contributed by atoms with Gasteiger partial charge in [-0.25, -0.2) is 0 Å². The summed E-state index contributed by atoms with van der Waals surface area (Å²) in [5.74, 6) is 2.73. The molecule has 2 aromatic rings. The van der Waals surface area contributed by atoms with Crippen LogP contribution >= 0.6 is 0 Å². The molecule has 22 heavy (non-hydrogen) atoms. The monoisotopic (exact) mass is 298 g/mol. The molecule has 1 fully saturated rings. The summed E-state index contributed by atoms with van der Waals surface area (Å²) in [6.45, 7) is 2.81. The third-order valence-electron chi connectivity index (χ3n) is 4.95. The molecule has 0 spiro atoms. The molecule has 0 bridgehead atoms. The first-order valence-corrected chi connectivity index (χ1v) is 8.36. The molecular formula is C18H26N4. The van der Waals surface area contributed by atoms with Crippen LogP contribution in [0.4, 0.5) is 0 Å². The summed E-state index contributed by atoms with van der Waals surface area (Å²) in [7, 11) is 2.04. The number of benzene rings is 1. The highest BCUT2D eigenvalue weighted by Gasteiger charge is 2.25. The summed E-state index contributed by atoms with van der Waals surface area (Å²) in [5.41, 5.74) is 1.45.